The molecule has 0 saturated heterocycles. The molecular weight excluding hydrogens is 380 g/mol. The Bertz CT molecular complexity index is 1450. The minimum atomic E-state index is -0.320. The lowest BCUT2D eigenvalue weighted by Gasteiger charge is -2.10. The molecule has 5 aromatic rings. The zero-order valence-electron chi connectivity index (χ0n) is 14.2. The van der Waals surface area contributed by atoms with E-state index in [1.54, 1.807) is 48.8 Å². The van der Waals surface area contributed by atoms with Gasteiger partial charge in [-0.2, -0.15) is 0 Å². The zero-order chi connectivity index (χ0) is 19.3. The van der Waals surface area contributed by atoms with Gasteiger partial charge in [0.05, 0.1) is 16.3 Å². The molecule has 0 saturated carbocycles. The summed E-state index contributed by atoms with van der Waals surface area (Å²) in [5.41, 5.74) is 0.587. The maximum Gasteiger partial charge on any atom is 0.279 e. The van der Waals surface area contributed by atoms with Gasteiger partial charge in [0.15, 0.2) is 0 Å². The number of fused-ring (bicyclic) bond motifs is 3. The standard InChI is InChI=1S/C19H11ClN6O2/c20-12-1-3-13(4-2-12)25-7-5-14-15(18(25)27)9-21-16-6-8-26(19(28)17(14)16)24-10-22-23-11-24/h1-11H. The molecular formula is C19H11ClN6O2. The molecule has 0 aliphatic heterocycles. The van der Waals surface area contributed by atoms with Gasteiger partial charge in [-0.05, 0) is 36.4 Å². The third-order valence-electron chi connectivity index (χ3n) is 4.54. The lowest BCUT2D eigenvalue weighted by molar-refractivity contribution is 0.633. The first-order chi connectivity index (χ1) is 13.6. The third kappa shape index (κ3) is 2.43. The number of aromatic nitrogens is 6. The molecule has 0 spiro atoms. The Kier molecular flexibility index (Phi) is 3.59. The van der Waals surface area contributed by atoms with E-state index in [1.165, 1.54) is 32.8 Å². The molecule has 0 radical (unpaired) electrons. The maximum atomic E-state index is 13.1. The molecule has 0 fully saturated rings. The molecule has 5 rings (SSSR count). The average Bonchev–Trinajstić information content (AvgIpc) is 3.23. The van der Waals surface area contributed by atoms with E-state index in [9.17, 15) is 9.59 Å². The second-order valence-corrected chi connectivity index (χ2v) is 6.56. The summed E-state index contributed by atoms with van der Waals surface area (Å²) >= 11 is 5.93. The maximum absolute atomic E-state index is 13.1. The molecule has 0 amide bonds. The van der Waals surface area contributed by atoms with E-state index in [2.05, 4.69) is 15.2 Å². The van der Waals surface area contributed by atoms with E-state index in [-0.39, 0.29) is 11.1 Å². The number of nitrogens with zero attached hydrogens (tertiary/aromatic N) is 6. The highest BCUT2D eigenvalue weighted by Gasteiger charge is 2.13. The summed E-state index contributed by atoms with van der Waals surface area (Å²) in [4.78, 5) is 30.4. The average molecular weight is 391 g/mol. The van der Waals surface area contributed by atoms with E-state index >= 15 is 0 Å². The molecule has 1 aromatic carbocycles. The molecule has 28 heavy (non-hydrogen) atoms. The van der Waals surface area contributed by atoms with E-state index in [4.69, 9.17) is 11.6 Å². The van der Waals surface area contributed by atoms with Gasteiger partial charge in [0, 0.05) is 34.7 Å². The van der Waals surface area contributed by atoms with Crippen molar-refractivity contribution in [2.75, 3.05) is 0 Å². The van der Waals surface area contributed by atoms with Crippen molar-refractivity contribution < 1.29 is 0 Å². The Morgan fingerprint density at radius 2 is 1.57 bits per heavy atom. The summed E-state index contributed by atoms with van der Waals surface area (Å²) in [6, 6.07) is 10.4. The zero-order valence-corrected chi connectivity index (χ0v) is 15.0. The number of hydrogen-bond acceptors (Lipinski definition) is 5. The molecule has 4 aromatic heterocycles. The molecule has 0 N–H and O–H groups in total. The summed E-state index contributed by atoms with van der Waals surface area (Å²) < 4.78 is 4.30. The van der Waals surface area contributed by atoms with Crippen molar-refractivity contribution in [3.8, 4) is 5.69 Å². The molecule has 9 heteroatoms. The van der Waals surface area contributed by atoms with Crippen LogP contribution in [0.1, 0.15) is 0 Å². The van der Waals surface area contributed by atoms with Crippen molar-refractivity contribution in [1.82, 2.24) is 29.1 Å². The summed E-state index contributed by atoms with van der Waals surface area (Å²) in [5, 5.41) is 9.27. The Balaban J connectivity index is 1.82. The van der Waals surface area contributed by atoms with E-state index in [0.29, 0.717) is 32.4 Å². The van der Waals surface area contributed by atoms with Crippen LogP contribution in [0.3, 0.4) is 0 Å². The number of rotatable bonds is 2. The normalized spacial score (nSPS) is 11.3. The van der Waals surface area contributed by atoms with E-state index in [1.807, 2.05) is 0 Å². The molecule has 0 unspecified atom stereocenters. The number of benzene rings is 1. The molecule has 0 aliphatic rings. The Morgan fingerprint density at radius 3 is 2.32 bits per heavy atom. The predicted molar refractivity (Wildman–Crippen MR) is 105 cm³/mol. The Morgan fingerprint density at radius 1 is 0.821 bits per heavy atom. The van der Waals surface area contributed by atoms with Crippen LogP contribution in [0.15, 0.2) is 77.2 Å². The first-order valence-corrected chi connectivity index (χ1v) is 8.68. The van der Waals surface area contributed by atoms with Crippen molar-refractivity contribution in [2.45, 2.75) is 0 Å². The Hall–Kier alpha value is -3.78. The highest BCUT2D eigenvalue weighted by molar-refractivity contribution is 6.30. The molecule has 0 aliphatic carbocycles. The molecule has 0 atom stereocenters. The van der Waals surface area contributed by atoms with Crippen molar-refractivity contribution in [3.63, 3.8) is 0 Å². The number of halogens is 1. The topological polar surface area (TPSA) is 87.6 Å². The van der Waals surface area contributed by atoms with Crippen LogP contribution in [0.4, 0.5) is 0 Å². The summed E-state index contributed by atoms with van der Waals surface area (Å²) in [7, 11) is 0. The van der Waals surface area contributed by atoms with E-state index < -0.39 is 0 Å². The van der Waals surface area contributed by atoms with E-state index in [0.717, 1.165) is 0 Å². The van der Waals surface area contributed by atoms with Crippen molar-refractivity contribution >= 4 is 33.3 Å². The SMILES string of the molecule is O=c1c2cnc3ccn(-n4cnnc4)c(=O)c3c2ccn1-c1ccc(Cl)cc1. The van der Waals surface area contributed by atoms with Crippen LogP contribution in [0.25, 0.3) is 27.4 Å². The van der Waals surface area contributed by atoms with Crippen LogP contribution in [-0.2, 0) is 0 Å². The highest BCUT2D eigenvalue weighted by atomic mass is 35.5. The monoisotopic (exact) mass is 390 g/mol. The fourth-order valence-corrected chi connectivity index (χ4v) is 3.32. The van der Waals surface area contributed by atoms with Crippen LogP contribution in [0, 0.1) is 0 Å². The fourth-order valence-electron chi connectivity index (χ4n) is 3.20. The third-order valence-corrected chi connectivity index (χ3v) is 4.80. The molecule has 4 heterocycles. The molecule has 8 nitrogen and oxygen atoms in total. The molecule has 136 valence electrons. The second kappa shape index (κ2) is 6.14. The van der Waals surface area contributed by atoms with Crippen LogP contribution in [0.2, 0.25) is 5.02 Å². The van der Waals surface area contributed by atoms with Gasteiger partial charge in [-0.1, -0.05) is 11.6 Å². The smallest absolute Gasteiger partial charge is 0.279 e. The summed E-state index contributed by atoms with van der Waals surface area (Å²) in [6.45, 7) is 0. The number of pyridine rings is 3. The highest BCUT2D eigenvalue weighted by Crippen LogP contribution is 2.19. The van der Waals surface area contributed by atoms with Crippen molar-refractivity contribution in [2.24, 2.45) is 0 Å². The van der Waals surface area contributed by atoms with Gasteiger partial charge in [0.25, 0.3) is 11.1 Å². The number of hydrogen-bond donors (Lipinski definition) is 0. The fraction of sp³-hybridized carbons (Fsp3) is 0. The lowest BCUT2D eigenvalue weighted by atomic mass is 10.1. The van der Waals surface area contributed by atoms with Gasteiger partial charge in [-0.15, -0.1) is 10.2 Å². The van der Waals surface area contributed by atoms with Crippen molar-refractivity contribution in [1.29, 1.82) is 0 Å². The quantitative estimate of drug-likeness (QED) is 0.431. The van der Waals surface area contributed by atoms with Crippen LogP contribution in [0.5, 0.6) is 0 Å². The summed E-state index contributed by atoms with van der Waals surface area (Å²) in [5.74, 6) is 0. The van der Waals surface area contributed by atoms with Crippen LogP contribution in [-0.4, -0.2) is 29.1 Å². The van der Waals surface area contributed by atoms with Crippen LogP contribution >= 0.6 is 11.6 Å². The van der Waals surface area contributed by atoms with Gasteiger partial charge in [0.2, 0.25) is 0 Å². The minimum absolute atomic E-state index is 0.270. The summed E-state index contributed by atoms with van der Waals surface area (Å²) in [6.07, 6.45) is 7.55. The Labute approximate surface area is 161 Å². The largest absolute Gasteiger partial charge is 0.284 e. The van der Waals surface area contributed by atoms with Crippen molar-refractivity contribution in [3.05, 3.63) is 93.4 Å². The van der Waals surface area contributed by atoms with Crippen LogP contribution < -0.4 is 11.1 Å². The first-order valence-electron chi connectivity index (χ1n) is 8.30. The minimum Gasteiger partial charge on any atom is -0.284 e. The van der Waals surface area contributed by atoms with Gasteiger partial charge in [-0.3, -0.25) is 19.1 Å². The first kappa shape index (κ1) is 16.4. The predicted octanol–water partition coefficient (Wildman–Crippen LogP) is 2.26. The second-order valence-electron chi connectivity index (χ2n) is 6.12. The van der Waals surface area contributed by atoms with Gasteiger partial charge in [-0.25, -0.2) is 9.35 Å². The van der Waals surface area contributed by atoms with Gasteiger partial charge in [0.1, 0.15) is 12.7 Å². The lowest BCUT2D eigenvalue weighted by Crippen LogP contribution is -2.25. The van der Waals surface area contributed by atoms with Gasteiger partial charge < -0.3 is 0 Å². The van der Waals surface area contributed by atoms with Gasteiger partial charge >= 0.3 is 0 Å². The molecule has 0 bridgehead atoms.